The summed E-state index contributed by atoms with van der Waals surface area (Å²) in [4.78, 5) is 25.8. The molecule has 0 spiro atoms. The van der Waals surface area contributed by atoms with Crippen molar-refractivity contribution in [3.8, 4) is 5.75 Å². The van der Waals surface area contributed by atoms with Crippen LogP contribution in [0.5, 0.6) is 5.75 Å². The molecule has 8 nitrogen and oxygen atoms in total. The van der Waals surface area contributed by atoms with Gasteiger partial charge in [0.05, 0.1) is 18.1 Å². The number of fused-ring (bicyclic) bond motifs is 1. The summed E-state index contributed by atoms with van der Waals surface area (Å²) < 4.78 is 6.09. The Hall–Kier alpha value is -2.48. The van der Waals surface area contributed by atoms with Gasteiger partial charge in [-0.25, -0.2) is 4.98 Å². The van der Waals surface area contributed by atoms with E-state index in [2.05, 4.69) is 4.98 Å². The zero-order valence-corrected chi connectivity index (χ0v) is 10.1. The van der Waals surface area contributed by atoms with E-state index in [-0.39, 0.29) is 24.5 Å². The lowest BCUT2D eigenvalue weighted by atomic mass is 10.2. The van der Waals surface area contributed by atoms with Crippen LogP contribution in [-0.4, -0.2) is 33.3 Å². The summed E-state index contributed by atoms with van der Waals surface area (Å²) in [5, 5.41) is 20.5. The lowest BCUT2D eigenvalue weighted by Crippen LogP contribution is -2.22. The first-order chi connectivity index (χ1) is 9.04. The molecule has 0 unspecified atom stereocenters. The van der Waals surface area contributed by atoms with Crippen molar-refractivity contribution in [2.24, 2.45) is 0 Å². The van der Waals surface area contributed by atoms with Gasteiger partial charge in [0.15, 0.2) is 5.75 Å². The van der Waals surface area contributed by atoms with E-state index in [0.29, 0.717) is 5.39 Å². The van der Waals surface area contributed by atoms with Crippen molar-refractivity contribution in [2.75, 3.05) is 13.7 Å². The molecule has 0 saturated carbocycles. The molecule has 0 amide bonds. The molecule has 0 fully saturated rings. The lowest BCUT2D eigenvalue weighted by Gasteiger charge is -2.09. The lowest BCUT2D eigenvalue weighted by molar-refractivity contribution is -0.385. The minimum Gasteiger partial charge on any atom is -0.503 e. The van der Waals surface area contributed by atoms with Crippen LogP contribution in [0.2, 0.25) is 0 Å². The van der Waals surface area contributed by atoms with Crippen molar-refractivity contribution >= 4 is 16.7 Å². The predicted octanol–water partition coefficient (Wildman–Crippen LogP) is 0.657. The fourth-order valence-electron chi connectivity index (χ4n) is 1.73. The first-order valence-electron chi connectivity index (χ1n) is 5.40. The highest BCUT2D eigenvalue weighted by Crippen LogP contribution is 2.19. The van der Waals surface area contributed by atoms with E-state index in [1.807, 2.05) is 0 Å². The van der Waals surface area contributed by atoms with E-state index in [4.69, 9.17) is 4.74 Å². The molecule has 100 valence electrons. The number of hydrogen-bond donors (Lipinski definition) is 1. The van der Waals surface area contributed by atoms with Gasteiger partial charge in [-0.1, -0.05) is 0 Å². The fourth-order valence-corrected chi connectivity index (χ4v) is 1.73. The van der Waals surface area contributed by atoms with Crippen LogP contribution in [0.4, 0.5) is 5.69 Å². The van der Waals surface area contributed by atoms with Crippen molar-refractivity contribution in [2.45, 2.75) is 6.54 Å². The van der Waals surface area contributed by atoms with Crippen LogP contribution in [0.15, 0.2) is 23.1 Å². The average molecular weight is 265 g/mol. The molecule has 0 aliphatic heterocycles. The van der Waals surface area contributed by atoms with Crippen molar-refractivity contribution < 1.29 is 14.8 Å². The molecule has 0 atom stereocenters. The minimum atomic E-state index is -0.606. The molecule has 2 heterocycles. The summed E-state index contributed by atoms with van der Waals surface area (Å²) in [6.45, 7) is 0.460. The second-order valence-electron chi connectivity index (χ2n) is 3.84. The Morgan fingerprint density at radius 2 is 2.26 bits per heavy atom. The highest BCUT2D eigenvalue weighted by atomic mass is 16.6. The third kappa shape index (κ3) is 2.38. The minimum absolute atomic E-state index is 0.199. The number of nitro groups is 1. The monoisotopic (exact) mass is 265 g/mol. The van der Waals surface area contributed by atoms with Crippen LogP contribution in [0.25, 0.3) is 11.0 Å². The average Bonchev–Trinajstić information content (AvgIpc) is 2.38. The van der Waals surface area contributed by atoms with Gasteiger partial charge in [-0.15, -0.1) is 0 Å². The van der Waals surface area contributed by atoms with Crippen molar-refractivity contribution in [1.29, 1.82) is 0 Å². The zero-order chi connectivity index (χ0) is 14.0. The normalized spacial score (nSPS) is 10.8. The maximum atomic E-state index is 11.8. The van der Waals surface area contributed by atoms with Gasteiger partial charge in [0.25, 0.3) is 11.2 Å². The van der Waals surface area contributed by atoms with E-state index in [9.17, 15) is 20.0 Å². The molecule has 0 aliphatic carbocycles. The molecule has 2 rings (SSSR count). The largest absolute Gasteiger partial charge is 0.503 e. The molecule has 2 aromatic rings. The van der Waals surface area contributed by atoms with Crippen LogP contribution >= 0.6 is 0 Å². The fraction of sp³-hybridized carbons (Fsp3) is 0.273. The number of ether oxygens (including phenoxy) is 1. The molecule has 0 aromatic carbocycles. The third-order valence-electron chi connectivity index (χ3n) is 2.62. The van der Waals surface area contributed by atoms with Crippen LogP contribution in [0, 0.1) is 10.1 Å². The summed E-state index contributed by atoms with van der Waals surface area (Å²) in [5.41, 5.74) is -0.541. The van der Waals surface area contributed by atoms with Gasteiger partial charge in [0.1, 0.15) is 11.8 Å². The number of pyridine rings is 2. The Balaban J connectivity index is 2.68. The van der Waals surface area contributed by atoms with E-state index in [0.717, 1.165) is 6.20 Å². The predicted molar refractivity (Wildman–Crippen MR) is 66.2 cm³/mol. The first kappa shape index (κ1) is 13.0. The van der Waals surface area contributed by atoms with Gasteiger partial charge in [0.2, 0.25) is 0 Å². The van der Waals surface area contributed by atoms with E-state index >= 15 is 0 Å². The molecular weight excluding hydrogens is 254 g/mol. The second kappa shape index (κ2) is 5.02. The first-order valence-corrected chi connectivity index (χ1v) is 5.40. The zero-order valence-electron chi connectivity index (χ0n) is 10.1. The molecule has 0 saturated heterocycles. The number of hydrogen-bond acceptors (Lipinski definition) is 6. The molecule has 8 heteroatoms. The van der Waals surface area contributed by atoms with Crippen molar-refractivity contribution in [3.63, 3.8) is 0 Å². The highest BCUT2D eigenvalue weighted by molar-refractivity contribution is 5.78. The van der Waals surface area contributed by atoms with Gasteiger partial charge < -0.3 is 9.84 Å². The smallest absolute Gasteiger partial charge is 0.294 e. The number of nitrogens with zero attached hydrogens (tertiary/aromatic N) is 3. The van der Waals surface area contributed by atoms with Gasteiger partial charge in [0, 0.05) is 18.6 Å². The Bertz CT molecular complexity index is 695. The standard InChI is InChI=1S/C11H11N3O5/c1-19-3-2-13-10-7(5-9(15)11(13)16)4-8(6-12-10)14(17)18/h4-6,15H,2-3H2,1H3. The highest BCUT2D eigenvalue weighted by Gasteiger charge is 2.13. The Kier molecular flexibility index (Phi) is 3.43. The van der Waals surface area contributed by atoms with Crippen LogP contribution in [0.1, 0.15) is 0 Å². The third-order valence-corrected chi connectivity index (χ3v) is 2.62. The molecule has 19 heavy (non-hydrogen) atoms. The summed E-state index contributed by atoms with van der Waals surface area (Å²) in [6.07, 6.45) is 1.07. The van der Waals surface area contributed by atoms with Gasteiger partial charge in [-0.2, -0.15) is 0 Å². The summed E-state index contributed by atoms with van der Waals surface area (Å²) in [6, 6.07) is 2.42. The summed E-state index contributed by atoms with van der Waals surface area (Å²) in [7, 11) is 1.48. The summed E-state index contributed by atoms with van der Waals surface area (Å²) in [5.74, 6) is -0.481. The Labute approximate surface area is 107 Å². The topological polar surface area (TPSA) is 107 Å². The van der Waals surface area contributed by atoms with Crippen LogP contribution in [-0.2, 0) is 11.3 Å². The molecule has 0 radical (unpaired) electrons. The Morgan fingerprint density at radius 1 is 1.53 bits per heavy atom. The molecule has 0 bridgehead atoms. The van der Waals surface area contributed by atoms with Crippen LogP contribution < -0.4 is 5.56 Å². The van der Waals surface area contributed by atoms with Gasteiger partial charge >= 0.3 is 0 Å². The molecule has 2 aromatic heterocycles. The van der Waals surface area contributed by atoms with Gasteiger partial charge in [-0.05, 0) is 6.07 Å². The van der Waals surface area contributed by atoms with Crippen molar-refractivity contribution in [1.82, 2.24) is 9.55 Å². The summed E-state index contributed by atoms with van der Waals surface area (Å²) >= 11 is 0. The molecule has 1 N–H and O–H groups in total. The van der Waals surface area contributed by atoms with Gasteiger partial charge in [-0.3, -0.25) is 19.5 Å². The number of methoxy groups -OCH3 is 1. The number of aromatic nitrogens is 2. The second-order valence-corrected chi connectivity index (χ2v) is 3.84. The number of aromatic hydroxyl groups is 1. The SMILES string of the molecule is COCCn1c(=O)c(O)cc2cc([N+](=O)[O-])cnc21. The molecular formula is C11H11N3O5. The maximum Gasteiger partial charge on any atom is 0.294 e. The number of rotatable bonds is 4. The molecule has 0 aliphatic rings. The quantitative estimate of drug-likeness (QED) is 0.642. The van der Waals surface area contributed by atoms with E-state index < -0.39 is 16.2 Å². The van der Waals surface area contributed by atoms with Crippen molar-refractivity contribution in [3.05, 3.63) is 38.8 Å². The van der Waals surface area contributed by atoms with Crippen LogP contribution in [0.3, 0.4) is 0 Å². The van der Waals surface area contributed by atoms with E-state index in [1.54, 1.807) is 0 Å². The Morgan fingerprint density at radius 3 is 2.89 bits per heavy atom. The van der Waals surface area contributed by atoms with E-state index in [1.165, 1.54) is 23.8 Å². The maximum absolute atomic E-state index is 11.8.